The van der Waals surface area contributed by atoms with Crippen molar-refractivity contribution < 1.29 is 13.5 Å². The molecule has 0 amide bonds. The summed E-state index contributed by atoms with van der Waals surface area (Å²) in [6, 6.07) is 1.94. The largest absolute Gasteiger partial charge is 0.490 e. The van der Waals surface area contributed by atoms with Crippen LogP contribution in [0, 0.1) is 11.6 Å². The molecule has 0 saturated heterocycles. The summed E-state index contributed by atoms with van der Waals surface area (Å²) in [5.41, 5.74) is 5.03. The summed E-state index contributed by atoms with van der Waals surface area (Å²) in [6.45, 7) is 2.55. The second-order valence-corrected chi connectivity index (χ2v) is 4.07. The van der Waals surface area contributed by atoms with Crippen LogP contribution in [-0.2, 0) is 0 Å². The third-order valence-electron chi connectivity index (χ3n) is 2.56. The molecule has 0 heterocycles. The zero-order chi connectivity index (χ0) is 12.7. The molecule has 0 atom stereocenters. The minimum atomic E-state index is -0.646. The van der Waals surface area contributed by atoms with Gasteiger partial charge in [0, 0.05) is 12.1 Å². The highest BCUT2D eigenvalue weighted by molar-refractivity contribution is 5.44. The van der Waals surface area contributed by atoms with E-state index in [2.05, 4.69) is 6.92 Å². The number of nitrogens with two attached hydrogens (primary N) is 1. The Morgan fingerprint density at radius 1 is 1.06 bits per heavy atom. The molecule has 4 heteroatoms. The molecule has 0 aromatic heterocycles. The normalized spacial score (nSPS) is 10.5. The number of nitrogen functional groups attached to an aromatic ring is 1. The van der Waals surface area contributed by atoms with Crippen molar-refractivity contribution in [2.24, 2.45) is 0 Å². The SMILES string of the molecule is CCCCCCCOc1cc(F)c(N)cc1F. The number of halogens is 2. The lowest BCUT2D eigenvalue weighted by atomic mass is 10.2. The summed E-state index contributed by atoms with van der Waals surface area (Å²) < 4.78 is 31.5. The minimum Gasteiger partial charge on any atom is -0.490 e. The third-order valence-corrected chi connectivity index (χ3v) is 2.56. The Bertz CT molecular complexity index is 356. The van der Waals surface area contributed by atoms with Gasteiger partial charge in [0.05, 0.1) is 12.3 Å². The monoisotopic (exact) mass is 243 g/mol. The van der Waals surface area contributed by atoms with Gasteiger partial charge in [-0.1, -0.05) is 32.6 Å². The molecule has 0 fully saturated rings. The predicted octanol–water partition coefficient (Wildman–Crippen LogP) is 3.90. The van der Waals surface area contributed by atoms with Crippen LogP contribution in [0.4, 0.5) is 14.5 Å². The molecule has 2 nitrogen and oxygen atoms in total. The first-order chi connectivity index (χ1) is 8.15. The Balaban J connectivity index is 2.34. The van der Waals surface area contributed by atoms with Crippen LogP contribution >= 0.6 is 0 Å². The van der Waals surface area contributed by atoms with E-state index in [-0.39, 0.29) is 11.4 Å². The lowest BCUT2D eigenvalue weighted by molar-refractivity contribution is 0.288. The third kappa shape index (κ3) is 4.59. The standard InChI is InChI=1S/C13H19F2NO/c1-2-3-4-5-6-7-17-13-9-10(14)12(16)8-11(13)15/h8-9H,2-7,16H2,1H3. The summed E-state index contributed by atoms with van der Waals surface area (Å²) >= 11 is 0. The maximum atomic E-state index is 13.3. The van der Waals surface area contributed by atoms with E-state index in [0.29, 0.717) is 6.61 Å². The lowest BCUT2D eigenvalue weighted by Crippen LogP contribution is -2.01. The molecule has 17 heavy (non-hydrogen) atoms. The summed E-state index contributed by atoms with van der Waals surface area (Å²) in [5, 5.41) is 0. The molecule has 0 bridgehead atoms. The lowest BCUT2D eigenvalue weighted by Gasteiger charge is -2.08. The van der Waals surface area contributed by atoms with E-state index in [1.54, 1.807) is 0 Å². The van der Waals surface area contributed by atoms with Gasteiger partial charge in [0.1, 0.15) is 5.82 Å². The van der Waals surface area contributed by atoms with Gasteiger partial charge >= 0.3 is 0 Å². The highest BCUT2D eigenvalue weighted by Crippen LogP contribution is 2.23. The number of ether oxygens (including phenoxy) is 1. The van der Waals surface area contributed by atoms with Gasteiger partial charge in [-0.15, -0.1) is 0 Å². The smallest absolute Gasteiger partial charge is 0.167 e. The molecule has 0 unspecified atom stereocenters. The Morgan fingerprint density at radius 2 is 1.76 bits per heavy atom. The molecule has 1 rings (SSSR count). The Morgan fingerprint density at radius 3 is 2.47 bits per heavy atom. The van der Waals surface area contributed by atoms with Crippen LogP contribution in [0.2, 0.25) is 0 Å². The van der Waals surface area contributed by atoms with E-state index in [9.17, 15) is 8.78 Å². The molecule has 1 aromatic rings. The van der Waals surface area contributed by atoms with Crippen LogP contribution in [-0.4, -0.2) is 6.61 Å². The fraction of sp³-hybridized carbons (Fsp3) is 0.538. The van der Waals surface area contributed by atoms with E-state index >= 15 is 0 Å². The van der Waals surface area contributed by atoms with Crippen molar-refractivity contribution in [3.63, 3.8) is 0 Å². The molecule has 0 aliphatic heterocycles. The number of benzene rings is 1. The zero-order valence-corrected chi connectivity index (χ0v) is 10.1. The Labute approximate surface area is 101 Å². The highest BCUT2D eigenvalue weighted by Gasteiger charge is 2.08. The average Bonchev–Trinajstić information content (AvgIpc) is 2.30. The molecule has 0 saturated carbocycles. The minimum absolute atomic E-state index is 0.0628. The maximum absolute atomic E-state index is 13.3. The second-order valence-electron chi connectivity index (χ2n) is 4.07. The highest BCUT2D eigenvalue weighted by atomic mass is 19.1. The molecule has 2 N–H and O–H groups in total. The fourth-order valence-corrected chi connectivity index (χ4v) is 1.54. The fourth-order valence-electron chi connectivity index (χ4n) is 1.54. The van der Waals surface area contributed by atoms with Crippen molar-refractivity contribution in [2.45, 2.75) is 39.0 Å². The van der Waals surface area contributed by atoms with Crippen LogP contribution in [0.25, 0.3) is 0 Å². The van der Waals surface area contributed by atoms with Gasteiger partial charge in [-0.3, -0.25) is 0 Å². The van der Waals surface area contributed by atoms with Gasteiger partial charge in [-0.05, 0) is 6.42 Å². The van der Waals surface area contributed by atoms with E-state index in [1.165, 1.54) is 12.8 Å². The summed E-state index contributed by atoms with van der Waals surface area (Å²) in [5.74, 6) is -1.32. The van der Waals surface area contributed by atoms with Crippen LogP contribution in [0.5, 0.6) is 5.75 Å². The van der Waals surface area contributed by atoms with Gasteiger partial charge in [-0.2, -0.15) is 0 Å². The van der Waals surface area contributed by atoms with Crippen LogP contribution in [0.3, 0.4) is 0 Å². The van der Waals surface area contributed by atoms with Gasteiger partial charge in [0.25, 0.3) is 0 Å². The van der Waals surface area contributed by atoms with Crippen molar-refractivity contribution in [3.05, 3.63) is 23.8 Å². The van der Waals surface area contributed by atoms with Crippen LogP contribution < -0.4 is 10.5 Å². The van der Waals surface area contributed by atoms with Crippen molar-refractivity contribution >= 4 is 5.69 Å². The number of unbranched alkanes of at least 4 members (excludes halogenated alkanes) is 4. The quantitative estimate of drug-likeness (QED) is 0.582. The van der Waals surface area contributed by atoms with Crippen LogP contribution in [0.1, 0.15) is 39.0 Å². The van der Waals surface area contributed by atoms with Crippen LogP contribution in [0.15, 0.2) is 12.1 Å². The Hall–Kier alpha value is -1.32. The first-order valence-electron chi connectivity index (χ1n) is 6.02. The maximum Gasteiger partial charge on any atom is 0.167 e. The molecule has 1 aromatic carbocycles. The van der Waals surface area contributed by atoms with Crippen molar-refractivity contribution in [1.29, 1.82) is 0 Å². The second kappa shape index (κ2) is 7.09. The van der Waals surface area contributed by atoms with Gasteiger partial charge in [0.15, 0.2) is 11.6 Å². The Kier molecular flexibility index (Phi) is 5.73. The van der Waals surface area contributed by atoms with Gasteiger partial charge in [0.2, 0.25) is 0 Å². The number of anilines is 1. The first kappa shape index (κ1) is 13.7. The first-order valence-corrected chi connectivity index (χ1v) is 6.02. The van der Waals surface area contributed by atoms with Crippen molar-refractivity contribution in [2.75, 3.05) is 12.3 Å². The van der Waals surface area contributed by atoms with Crippen molar-refractivity contribution in [1.82, 2.24) is 0 Å². The number of hydrogen-bond donors (Lipinski definition) is 1. The van der Waals surface area contributed by atoms with E-state index in [1.807, 2.05) is 0 Å². The van der Waals surface area contributed by atoms with E-state index in [0.717, 1.165) is 31.4 Å². The predicted molar refractivity (Wildman–Crippen MR) is 65.0 cm³/mol. The molecule has 0 spiro atoms. The summed E-state index contributed by atoms with van der Waals surface area (Å²) in [6.07, 6.45) is 5.43. The molecule has 0 aliphatic rings. The number of rotatable bonds is 7. The number of hydrogen-bond acceptors (Lipinski definition) is 2. The summed E-state index contributed by atoms with van der Waals surface area (Å²) in [4.78, 5) is 0. The van der Waals surface area contributed by atoms with Gasteiger partial charge in [-0.25, -0.2) is 8.78 Å². The van der Waals surface area contributed by atoms with E-state index < -0.39 is 11.6 Å². The molecule has 96 valence electrons. The van der Waals surface area contributed by atoms with Crippen molar-refractivity contribution in [3.8, 4) is 5.75 Å². The molecule has 0 aliphatic carbocycles. The zero-order valence-electron chi connectivity index (χ0n) is 10.1. The van der Waals surface area contributed by atoms with Gasteiger partial charge < -0.3 is 10.5 Å². The molecule has 0 radical (unpaired) electrons. The molecular formula is C13H19F2NO. The summed E-state index contributed by atoms with van der Waals surface area (Å²) in [7, 11) is 0. The molecular weight excluding hydrogens is 224 g/mol. The average molecular weight is 243 g/mol. The van der Waals surface area contributed by atoms with E-state index in [4.69, 9.17) is 10.5 Å². The topological polar surface area (TPSA) is 35.2 Å².